The molecule has 4 aromatic rings. The molecule has 0 saturated carbocycles. The molecule has 0 N–H and O–H groups in total. The van der Waals surface area contributed by atoms with Crippen molar-refractivity contribution in [1.82, 2.24) is 0 Å². The van der Waals surface area contributed by atoms with Crippen LogP contribution in [0.5, 0.6) is 5.75 Å². The summed E-state index contributed by atoms with van der Waals surface area (Å²) in [5, 5.41) is 1.35. The molecule has 0 spiro atoms. The highest BCUT2D eigenvalue weighted by atomic mass is 35.5. The molecule has 0 aliphatic carbocycles. The molecule has 1 saturated heterocycles. The van der Waals surface area contributed by atoms with Gasteiger partial charge in [0, 0.05) is 10.3 Å². The van der Waals surface area contributed by atoms with E-state index in [0.717, 1.165) is 29.2 Å². The van der Waals surface area contributed by atoms with Gasteiger partial charge >= 0.3 is 0 Å². The second-order valence-electron chi connectivity index (χ2n) is 11.7. The minimum absolute atomic E-state index is 0.0484. The molecular formula is C38H43ClO3S. The molecule has 43 heavy (non-hydrogen) atoms. The molecule has 0 radical (unpaired) electrons. The number of hydrogen-bond acceptors (Lipinski definition) is 4. The normalized spacial score (nSPS) is 22.0. The zero-order valence-electron chi connectivity index (χ0n) is 25.6. The van der Waals surface area contributed by atoms with Crippen LogP contribution in [-0.2, 0) is 29.1 Å². The van der Waals surface area contributed by atoms with E-state index in [1.54, 1.807) is 0 Å². The summed E-state index contributed by atoms with van der Waals surface area (Å²) in [6, 6.07) is 35.7. The summed E-state index contributed by atoms with van der Waals surface area (Å²) in [6.45, 7) is 9.80. The van der Waals surface area contributed by atoms with Crippen molar-refractivity contribution in [3.8, 4) is 5.75 Å². The molecular weight excluding hydrogens is 572 g/mol. The van der Waals surface area contributed by atoms with Crippen molar-refractivity contribution >= 4 is 23.4 Å². The van der Waals surface area contributed by atoms with E-state index in [1.807, 2.05) is 49.9 Å². The minimum Gasteiger partial charge on any atom is -0.491 e. The summed E-state index contributed by atoms with van der Waals surface area (Å²) in [6.07, 6.45) is 1.81. The van der Waals surface area contributed by atoms with Gasteiger partial charge in [-0.2, -0.15) is 0 Å². The maximum atomic E-state index is 6.84. The first kappa shape index (κ1) is 31.7. The van der Waals surface area contributed by atoms with Gasteiger partial charge in [-0.25, -0.2) is 0 Å². The summed E-state index contributed by atoms with van der Waals surface area (Å²) in [5.74, 6) is 1.23. The van der Waals surface area contributed by atoms with E-state index in [0.29, 0.717) is 24.4 Å². The zero-order chi connectivity index (χ0) is 30.2. The Morgan fingerprint density at radius 3 is 1.93 bits per heavy atom. The highest BCUT2D eigenvalue weighted by Crippen LogP contribution is 2.49. The Labute approximate surface area is 266 Å². The van der Waals surface area contributed by atoms with Gasteiger partial charge in [0.05, 0.1) is 30.7 Å². The van der Waals surface area contributed by atoms with Crippen molar-refractivity contribution in [2.75, 3.05) is 0 Å². The van der Waals surface area contributed by atoms with Crippen molar-refractivity contribution in [3.05, 3.63) is 136 Å². The van der Waals surface area contributed by atoms with Gasteiger partial charge < -0.3 is 14.2 Å². The third kappa shape index (κ3) is 8.45. The monoisotopic (exact) mass is 614 g/mol. The first-order valence-corrected chi connectivity index (χ1v) is 16.7. The number of benzene rings is 4. The lowest BCUT2D eigenvalue weighted by molar-refractivity contribution is -0.112. The first-order chi connectivity index (χ1) is 20.9. The maximum absolute atomic E-state index is 6.84. The molecule has 1 aliphatic heterocycles. The average Bonchev–Trinajstić information content (AvgIpc) is 3.02. The number of ether oxygens (including phenoxy) is 3. The summed E-state index contributed by atoms with van der Waals surface area (Å²) < 4.78 is 19.5. The number of hydrogen-bond donors (Lipinski definition) is 0. The van der Waals surface area contributed by atoms with Crippen molar-refractivity contribution in [3.63, 3.8) is 0 Å². The summed E-state index contributed by atoms with van der Waals surface area (Å²) >= 11 is 8.83. The summed E-state index contributed by atoms with van der Waals surface area (Å²) in [4.78, 5) is 0. The summed E-state index contributed by atoms with van der Waals surface area (Å²) in [5.41, 5.74) is 5.90. The number of rotatable bonds is 12. The number of halogens is 1. The Morgan fingerprint density at radius 2 is 1.35 bits per heavy atom. The number of thioether (sulfide) groups is 1. The van der Waals surface area contributed by atoms with E-state index in [-0.39, 0.29) is 23.6 Å². The van der Waals surface area contributed by atoms with Crippen LogP contribution >= 0.6 is 23.4 Å². The van der Waals surface area contributed by atoms with E-state index in [9.17, 15) is 0 Å². The molecule has 5 atom stereocenters. The van der Waals surface area contributed by atoms with Crippen LogP contribution in [0.1, 0.15) is 67.2 Å². The van der Waals surface area contributed by atoms with Crippen LogP contribution in [0.25, 0.3) is 0 Å². The van der Waals surface area contributed by atoms with E-state index >= 15 is 0 Å². The zero-order valence-corrected chi connectivity index (χ0v) is 27.2. The van der Waals surface area contributed by atoms with Crippen LogP contribution in [0.3, 0.4) is 0 Å². The van der Waals surface area contributed by atoms with Crippen molar-refractivity contribution < 1.29 is 14.2 Å². The van der Waals surface area contributed by atoms with Gasteiger partial charge in [0.25, 0.3) is 0 Å². The molecule has 226 valence electrons. The van der Waals surface area contributed by atoms with E-state index in [1.165, 1.54) is 22.3 Å². The topological polar surface area (TPSA) is 27.7 Å². The van der Waals surface area contributed by atoms with Gasteiger partial charge in [-0.1, -0.05) is 110 Å². The predicted molar refractivity (Wildman–Crippen MR) is 180 cm³/mol. The van der Waals surface area contributed by atoms with E-state index in [4.69, 9.17) is 25.8 Å². The van der Waals surface area contributed by atoms with Gasteiger partial charge in [0.1, 0.15) is 11.9 Å². The van der Waals surface area contributed by atoms with E-state index < -0.39 is 0 Å². The van der Waals surface area contributed by atoms with Crippen LogP contribution in [0.15, 0.2) is 103 Å². The Kier molecular flexibility index (Phi) is 11.3. The molecule has 3 nitrogen and oxygen atoms in total. The van der Waals surface area contributed by atoms with Crippen LogP contribution in [0, 0.1) is 5.92 Å². The standard InChI is InChI=1S/C38H43ClO3S/c1-5-35-27(4)36(40-24-29-12-8-6-9-13-29)37(41-25-30-14-10-7-11-15-30)38(43-35)31-18-21-34(39)32(23-31)22-28-16-19-33(20-17-28)42-26(2)3/h6-21,23,26-27,35-38H,5,22,24-25H2,1-4H3/t27-,35-,36+,37-,38+/m1/s1. The smallest absolute Gasteiger partial charge is 0.119 e. The Morgan fingerprint density at radius 1 is 0.744 bits per heavy atom. The Hall–Kier alpha value is -2.76. The van der Waals surface area contributed by atoms with Crippen molar-refractivity contribution in [2.24, 2.45) is 5.92 Å². The molecule has 1 aliphatic rings. The predicted octanol–water partition coefficient (Wildman–Crippen LogP) is 10.1. The average molecular weight is 615 g/mol. The maximum Gasteiger partial charge on any atom is 0.119 e. The van der Waals surface area contributed by atoms with Crippen molar-refractivity contribution in [2.45, 2.75) is 82.6 Å². The second-order valence-corrected chi connectivity index (χ2v) is 13.5. The highest BCUT2D eigenvalue weighted by Gasteiger charge is 2.45. The molecule has 1 fully saturated rings. The molecule has 0 aromatic heterocycles. The molecule has 1 heterocycles. The fourth-order valence-corrected chi connectivity index (χ4v) is 7.70. The lowest BCUT2D eigenvalue weighted by Gasteiger charge is -2.45. The third-order valence-electron chi connectivity index (χ3n) is 8.11. The fraction of sp³-hybridized carbons (Fsp3) is 0.368. The lowest BCUT2D eigenvalue weighted by atomic mass is 9.89. The molecule has 4 aromatic carbocycles. The van der Waals surface area contributed by atoms with Gasteiger partial charge in [-0.3, -0.25) is 0 Å². The molecule has 0 amide bonds. The summed E-state index contributed by atoms with van der Waals surface area (Å²) in [7, 11) is 0. The van der Waals surface area contributed by atoms with Crippen LogP contribution in [0.2, 0.25) is 5.02 Å². The Bertz CT molecular complexity index is 1410. The first-order valence-electron chi connectivity index (χ1n) is 15.4. The van der Waals surface area contributed by atoms with Gasteiger partial charge in [-0.05, 0) is 78.6 Å². The van der Waals surface area contributed by atoms with E-state index in [2.05, 4.69) is 92.7 Å². The lowest BCUT2D eigenvalue weighted by Crippen LogP contribution is -2.48. The molecule has 5 heteroatoms. The molecule has 5 rings (SSSR count). The SMILES string of the molecule is CC[C@H]1S[C@@H](c2ccc(Cl)c(Cc3ccc(OC(C)C)cc3)c2)[C@H](OCc2ccccc2)[C@@H](OCc2ccccc2)[C@@H]1C. The van der Waals surface area contributed by atoms with Crippen LogP contribution in [-0.4, -0.2) is 23.6 Å². The fourth-order valence-electron chi connectivity index (χ4n) is 5.86. The van der Waals surface area contributed by atoms with Crippen molar-refractivity contribution in [1.29, 1.82) is 0 Å². The quantitative estimate of drug-likeness (QED) is 0.159. The molecule has 0 unspecified atom stereocenters. The van der Waals surface area contributed by atoms with Crippen LogP contribution in [0.4, 0.5) is 0 Å². The molecule has 0 bridgehead atoms. The highest BCUT2D eigenvalue weighted by molar-refractivity contribution is 8.00. The minimum atomic E-state index is -0.117. The third-order valence-corrected chi connectivity index (χ3v) is 10.4. The van der Waals surface area contributed by atoms with Gasteiger partial charge in [-0.15, -0.1) is 11.8 Å². The van der Waals surface area contributed by atoms with Crippen LogP contribution < -0.4 is 4.74 Å². The Balaban J connectivity index is 1.43. The van der Waals surface area contributed by atoms with Gasteiger partial charge in [0.2, 0.25) is 0 Å². The second kappa shape index (κ2) is 15.3. The largest absolute Gasteiger partial charge is 0.491 e. The van der Waals surface area contributed by atoms with Gasteiger partial charge in [0.15, 0.2) is 0 Å².